The van der Waals surface area contributed by atoms with Crippen molar-refractivity contribution in [3.8, 4) is 0 Å². The molecule has 1 unspecified atom stereocenters. The van der Waals surface area contributed by atoms with E-state index in [1.54, 1.807) is 24.3 Å². The number of anilines is 1. The average Bonchev–Trinajstić information content (AvgIpc) is 2.79. The number of rotatable bonds is 8. The Hall–Kier alpha value is -3.24. The van der Waals surface area contributed by atoms with Crippen molar-refractivity contribution in [2.24, 2.45) is 5.73 Å². The fourth-order valence-electron chi connectivity index (χ4n) is 3.72. The number of sulfonamides is 1. The molecule has 176 valence electrons. The minimum absolute atomic E-state index is 0.00568. The Morgan fingerprint density at radius 3 is 2.39 bits per heavy atom. The first kappa shape index (κ1) is 24.4. The second-order valence-corrected chi connectivity index (χ2v) is 9.85. The van der Waals surface area contributed by atoms with Crippen molar-refractivity contribution < 1.29 is 22.8 Å². The van der Waals surface area contributed by atoms with Crippen LogP contribution in [0.3, 0.4) is 0 Å². The lowest BCUT2D eigenvalue weighted by molar-refractivity contribution is -0.117. The van der Waals surface area contributed by atoms with Crippen LogP contribution in [0.2, 0.25) is 0 Å². The van der Waals surface area contributed by atoms with Crippen LogP contribution in [0.1, 0.15) is 53.3 Å². The van der Waals surface area contributed by atoms with E-state index in [0.29, 0.717) is 6.54 Å². The molecule has 1 saturated heterocycles. The van der Waals surface area contributed by atoms with Crippen LogP contribution in [0.4, 0.5) is 5.69 Å². The number of carbonyl (C=O) groups excluding carboxylic acids is 3. The zero-order valence-corrected chi connectivity index (χ0v) is 19.2. The highest BCUT2D eigenvalue weighted by atomic mass is 32.2. The summed E-state index contributed by atoms with van der Waals surface area (Å²) in [4.78, 5) is 36.1. The second-order valence-electron chi connectivity index (χ2n) is 7.96. The molecular weight excluding hydrogens is 444 g/mol. The number of nitrogens with one attached hydrogen (secondary N) is 2. The number of hydrogen-bond acceptors (Lipinski definition) is 5. The normalized spacial score (nSPS) is 16.7. The smallest absolute Gasteiger partial charge is 0.255 e. The Balaban J connectivity index is 1.72. The van der Waals surface area contributed by atoms with Crippen molar-refractivity contribution in [3.63, 3.8) is 0 Å². The van der Waals surface area contributed by atoms with Gasteiger partial charge >= 0.3 is 0 Å². The lowest BCUT2D eigenvalue weighted by Gasteiger charge is -2.32. The highest BCUT2D eigenvalue weighted by molar-refractivity contribution is 7.89. The third-order valence-electron chi connectivity index (χ3n) is 5.54. The number of nitrogens with two attached hydrogens (primary N) is 1. The van der Waals surface area contributed by atoms with Gasteiger partial charge in [-0.15, -0.1) is 0 Å². The minimum Gasteiger partial charge on any atom is -0.370 e. The van der Waals surface area contributed by atoms with Gasteiger partial charge in [0.1, 0.15) is 0 Å². The van der Waals surface area contributed by atoms with E-state index in [1.165, 1.54) is 28.6 Å². The van der Waals surface area contributed by atoms with Crippen LogP contribution in [0, 0.1) is 0 Å². The molecule has 2 aromatic rings. The molecule has 3 amide bonds. The maximum absolute atomic E-state index is 13.0. The summed E-state index contributed by atoms with van der Waals surface area (Å²) in [6.45, 7) is 2.48. The van der Waals surface area contributed by atoms with Crippen molar-refractivity contribution in [2.75, 3.05) is 18.4 Å². The van der Waals surface area contributed by atoms with Crippen LogP contribution in [0.5, 0.6) is 0 Å². The van der Waals surface area contributed by atoms with Crippen molar-refractivity contribution >= 4 is 33.4 Å². The molecule has 0 saturated carbocycles. The standard InChI is InChI=1S/C23H28N4O5S/c1-16-6-4-5-15-27(16)33(31,32)18-11-9-17(10-12-18)22(29)26-20-8-3-2-7-19(20)23(30)25-14-13-21(24)28/h2-3,7-12,16H,4-6,13-15H2,1H3,(H2,24,28)(H,25,30)(H,26,29). The summed E-state index contributed by atoms with van der Waals surface area (Å²) in [6, 6.07) is 12.1. The number of primary amides is 1. The van der Waals surface area contributed by atoms with Gasteiger partial charge in [-0.1, -0.05) is 18.6 Å². The Kier molecular flexibility index (Phi) is 7.83. The van der Waals surface area contributed by atoms with Gasteiger partial charge in [-0.05, 0) is 56.2 Å². The number of nitrogens with zero attached hydrogens (tertiary/aromatic N) is 1. The molecule has 0 aliphatic carbocycles. The summed E-state index contributed by atoms with van der Waals surface area (Å²) >= 11 is 0. The van der Waals surface area contributed by atoms with E-state index in [2.05, 4.69) is 10.6 Å². The van der Waals surface area contributed by atoms with Crippen molar-refractivity contribution in [1.82, 2.24) is 9.62 Å². The zero-order valence-electron chi connectivity index (χ0n) is 18.4. The number of carbonyl (C=O) groups is 3. The van der Waals surface area contributed by atoms with Gasteiger partial charge in [-0.2, -0.15) is 4.31 Å². The molecule has 3 rings (SSSR count). The highest BCUT2D eigenvalue weighted by Crippen LogP contribution is 2.25. The topological polar surface area (TPSA) is 139 Å². The van der Waals surface area contributed by atoms with Crippen molar-refractivity contribution in [2.45, 2.75) is 43.5 Å². The van der Waals surface area contributed by atoms with E-state index < -0.39 is 27.7 Å². The Morgan fingerprint density at radius 1 is 1.03 bits per heavy atom. The SMILES string of the molecule is CC1CCCCN1S(=O)(=O)c1ccc(C(=O)Nc2ccccc2C(=O)NCCC(N)=O)cc1. The van der Waals surface area contributed by atoms with Crippen LogP contribution in [-0.2, 0) is 14.8 Å². The maximum Gasteiger partial charge on any atom is 0.255 e. The van der Waals surface area contributed by atoms with Crippen LogP contribution in [0.15, 0.2) is 53.4 Å². The van der Waals surface area contributed by atoms with Gasteiger partial charge in [-0.3, -0.25) is 14.4 Å². The van der Waals surface area contributed by atoms with E-state index in [1.807, 2.05) is 6.92 Å². The number of para-hydroxylation sites is 1. The third-order valence-corrected chi connectivity index (χ3v) is 7.57. The Morgan fingerprint density at radius 2 is 1.73 bits per heavy atom. The van der Waals surface area contributed by atoms with E-state index >= 15 is 0 Å². The molecule has 4 N–H and O–H groups in total. The fraction of sp³-hybridized carbons (Fsp3) is 0.348. The summed E-state index contributed by atoms with van der Waals surface area (Å²) in [6.07, 6.45) is 2.68. The summed E-state index contributed by atoms with van der Waals surface area (Å²) in [5.74, 6) is -1.47. The molecule has 0 aromatic heterocycles. The summed E-state index contributed by atoms with van der Waals surface area (Å²) < 4.78 is 27.5. The number of hydrogen-bond donors (Lipinski definition) is 3. The summed E-state index contributed by atoms with van der Waals surface area (Å²) in [5, 5.41) is 5.26. The molecule has 0 bridgehead atoms. The molecule has 9 nitrogen and oxygen atoms in total. The molecule has 2 aromatic carbocycles. The molecule has 33 heavy (non-hydrogen) atoms. The first-order chi connectivity index (χ1) is 15.7. The lowest BCUT2D eigenvalue weighted by atomic mass is 10.1. The van der Waals surface area contributed by atoms with Crippen molar-refractivity contribution in [3.05, 3.63) is 59.7 Å². The molecule has 10 heteroatoms. The van der Waals surface area contributed by atoms with Crippen molar-refractivity contribution in [1.29, 1.82) is 0 Å². The third kappa shape index (κ3) is 5.96. The number of piperidine rings is 1. The van der Waals surface area contributed by atoms with E-state index in [9.17, 15) is 22.8 Å². The molecule has 0 spiro atoms. The van der Waals surface area contributed by atoms with Gasteiger partial charge in [0.2, 0.25) is 15.9 Å². The molecule has 1 aliphatic heterocycles. The molecule has 1 aliphatic rings. The van der Waals surface area contributed by atoms with Crippen LogP contribution in [-0.4, -0.2) is 49.6 Å². The predicted octanol–water partition coefficient (Wildman–Crippen LogP) is 2.11. The Bertz CT molecular complexity index is 1130. The second kappa shape index (κ2) is 10.6. The van der Waals surface area contributed by atoms with E-state index in [-0.39, 0.29) is 40.7 Å². The van der Waals surface area contributed by atoms with E-state index in [4.69, 9.17) is 5.73 Å². The van der Waals surface area contributed by atoms with Gasteiger partial charge in [0.15, 0.2) is 0 Å². The fourth-order valence-corrected chi connectivity index (χ4v) is 5.42. The average molecular weight is 473 g/mol. The number of benzene rings is 2. The number of amides is 3. The quantitative estimate of drug-likeness (QED) is 0.540. The first-order valence-corrected chi connectivity index (χ1v) is 12.2. The van der Waals surface area contributed by atoms with Gasteiger partial charge in [-0.25, -0.2) is 8.42 Å². The lowest BCUT2D eigenvalue weighted by Crippen LogP contribution is -2.41. The Labute approximate surface area is 193 Å². The van der Waals surface area contributed by atoms with Crippen LogP contribution >= 0.6 is 0 Å². The monoisotopic (exact) mass is 472 g/mol. The first-order valence-electron chi connectivity index (χ1n) is 10.8. The molecule has 1 fully saturated rings. The van der Waals surface area contributed by atoms with Gasteiger partial charge in [0.05, 0.1) is 16.1 Å². The highest BCUT2D eigenvalue weighted by Gasteiger charge is 2.31. The summed E-state index contributed by atoms with van der Waals surface area (Å²) in [7, 11) is -3.63. The van der Waals surface area contributed by atoms with Gasteiger partial charge < -0.3 is 16.4 Å². The molecular formula is C23H28N4O5S. The predicted molar refractivity (Wildman–Crippen MR) is 124 cm³/mol. The van der Waals surface area contributed by atoms with Gasteiger partial charge in [0.25, 0.3) is 11.8 Å². The largest absolute Gasteiger partial charge is 0.370 e. The zero-order chi connectivity index (χ0) is 24.0. The van der Waals surface area contributed by atoms with Gasteiger partial charge in [0, 0.05) is 31.1 Å². The van der Waals surface area contributed by atoms with Crippen LogP contribution in [0.25, 0.3) is 0 Å². The minimum atomic E-state index is -3.63. The molecule has 1 heterocycles. The van der Waals surface area contributed by atoms with E-state index in [0.717, 1.165) is 19.3 Å². The van der Waals surface area contributed by atoms with Crippen LogP contribution < -0.4 is 16.4 Å². The maximum atomic E-state index is 13.0. The molecule has 0 radical (unpaired) electrons. The summed E-state index contributed by atoms with van der Waals surface area (Å²) in [5.41, 5.74) is 5.85. The molecule has 1 atom stereocenters.